The molecule has 0 saturated carbocycles. The van der Waals surface area contributed by atoms with Gasteiger partial charge in [0.25, 0.3) is 11.7 Å². The lowest BCUT2D eigenvalue weighted by atomic mass is 10.0. The van der Waals surface area contributed by atoms with E-state index in [9.17, 15) is 4.79 Å². The van der Waals surface area contributed by atoms with Crippen LogP contribution < -0.4 is 9.88 Å². The highest BCUT2D eigenvalue weighted by Gasteiger charge is 2.30. The van der Waals surface area contributed by atoms with Crippen molar-refractivity contribution in [3.05, 3.63) is 66.1 Å². The molecule has 1 amide bonds. The van der Waals surface area contributed by atoms with Gasteiger partial charge in [-0.1, -0.05) is 41.6 Å². The Hall–Kier alpha value is -3.15. The number of pyridine rings is 1. The van der Waals surface area contributed by atoms with E-state index >= 15 is 0 Å². The zero-order chi connectivity index (χ0) is 17.9. The molecule has 3 aromatic rings. The van der Waals surface area contributed by atoms with Crippen LogP contribution in [0.15, 0.2) is 59.3 Å². The summed E-state index contributed by atoms with van der Waals surface area (Å²) in [4.78, 5) is 20.5. The van der Waals surface area contributed by atoms with E-state index in [1.807, 2.05) is 53.6 Å². The molecule has 0 spiro atoms. The summed E-state index contributed by atoms with van der Waals surface area (Å²) >= 11 is 0. The normalized spacial score (nSPS) is 14.5. The number of hydrogen-bond acceptors (Lipinski definition) is 4. The van der Waals surface area contributed by atoms with Gasteiger partial charge < -0.3 is 9.42 Å². The van der Waals surface area contributed by atoms with Crippen molar-refractivity contribution < 1.29 is 14.3 Å². The number of nitrogens with zero attached hydrogens (tertiary/aromatic N) is 3. The van der Waals surface area contributed by atoms with Crippen LogP contribution in [0.4, 0.5) is 5.82 Å². The van der Waals surface area contributed by atoms with E-state index in [0.717, 1.165) is 24.5 Å². The van der Waals surface area contributed by atoms with Crippen molar-refractivity contribution in [2.45, 2.75) is 6.92 Å². The van der Waals surface area contributed by atoms with Gasteiger partial charge in [-0.3, -0.25) is 9.69 Å². The number of nitrogens with one attached hydrogen (secondary N) is 1. The van der Waals surface area contributed by atoms with Gasteiger partial charge in [0.2, 0.25) is 0 Å². The fraction of sp³-hybridized carbons (Fsp3) is 0.250. The Kier molecular flexibility index (Phi) is 4.39. The first kappa shape index (κ1) is 16.3. The van der Waals surface area contributed by atoms with Crippen LogP contribution in [0.5, 0.6) is 0 Å². The van der Waals surface area contributed by atoms with Crippen LogP contribution in [0.1, 0.15) is 16.1 Å². The molecule has 2 aromatic heterocycles. The van der Waals surface area contributed by atoms with E-state index in [-0.39, 0.29) is 5.91 Å². The van der Waals surface area contributed by atoms with Gasteiger partial charge in [-0.15, -0.1) is 0 Å². The van der Waals surface area contributed by atoms with Crippen LogP contribution in [-0.2, 0) is 0 Å². The lowest BCUT2D eigenvalue weighted by Gasteiger charge is -2.31. The summed E-state index contributed by atoms with van der Waals surface area (Å²) in [7, 11) is 0. The highest BCUT2D eigenvalue weighted by molar-refractivity contribution is 6.00. The molecule has 0 aliphatic carbocycles. The number of benzene rings is 1. The van der Waals surface area contributed by atoms with Gasteiger partial charge in [0.15, 0.2) is 0 Å². The molecule has 1 aliphatic heterocycles. The first-order valence-electron chi connectivity index (χ1n) is 8.76. The summed E-state index contributed by atoms with van der Waals surface area (Å²) in [5, 5.41) is 4.13. The van der Waals surface area contributed by atoms with Crippen molar-refractivity contribution in [1.29, 1.82) is 0 Å². The Morgan fingerprint density at radius 1 is 1.04 bits per heavy atom. The Balaban J connectivity index is 1.52. The van der Waals surface area contributed by atoms with Gasteiger partial charge in [0, 0.05) is 11.6 Å². The van der Waals surface area contributed by atoms with Crippen LogP contribution in [0.25, 0.3) is 11.3 Å². The molecule has 1 aromatic carbocycles. The molecule has 1 saturated heterocycles. The quantitative estimate of drug-likeness (QED) is 0.728. The summed E-state index contributed by atoms with van der Waals surface area (Å²) in [5.41, 5.74) is 2.08. The van der Waals surface area contributed by atoms with Gasteiger partial charge in [-0.2, -0.15) is 0 Å². The summed E-state index contributed by atoms with van der Waals surface area (Å²) < 4.78 is 5.34. The number of rotatable bonds is 3. The minimum atomic E-state index is -0.0145. The fourth-order valence-electron chi connectivity index (χ4n) is 3.31. The predicted octanol–water partition coefficient (Wildman–Crippen LogP) is 2.43. The van der Waals surface area contributed by atoms with Gasteiger partial charge in [-0.05, 0) is 13.0 Å². The van der Waals surface area contributed by atoms with E-state index in [4.69, 9.17) is 4.52 Å². The molecule has 3 heterocycles. The number of carbonyl (C=O) groups is 1. The zero-order valence-corrected chi connectivity index (χ0v) is 14.7. The molecule has 4 rings (SSSR count). The number of piperazine rings is 1. The maximum absolute atomic E-state index is 13.1. The van der Waals surface area contributed by atoms with Gasteiger partial charge in [0.05, 0.1) is 19.3 Å². The summed E-state index contributed by atoms with van der Waals surface area (Å²) in [6, 6.07) is 15.7. The number of H-pyrrole nitrogens is 1. The molecule has 6 heteroatoms. The van der Waals surface area contributed by atoms with Crippen molar-refractivity contribution in [3.63, 3.8) is 0 Å². The average molecular weight is 349 g/mol. The average Bonchev–Trinajstić information content (AvgIpc) is 3.10. The van der Waals surface area contributed by atoms with Crippen LogP contribution in [0, 0.1) is 6.92 Å². The topological polar surface area (TPSA) is 63.7 Å². The minimum absolute atomic E-state index is 0.0145. The van der Waals surface area contributed by atoms with Gasteiger partial charge in [0.1, 0.15) is 30.1 Å². The largest absolute Gasteiger partial charge is 0.360 e. The lowest BCUT2D eigenvalue weighted by molar-refractivity contribution is -0.364. The maximum atomic E-state index is 13.1. The fourth-order valence-corrected chi connectivity index (χ4v) is 3.31. The summed E-state index contributed by atoms with van der Waals surface area (Å²) in [6.45, 7) is 4.71. The van der Waals surface area contributed by atoms with E-state index in [1.165, 1.54) is 0 Å². The first-order chi connectivity index (χ1) is 12.7. The highest BCUT2D eigenvalue weighted by Crippen LogP contribution is 2.26. The number of aryl methyl sites for hydroxylation is 1. The smallest absolute Gasteiger partial charge is 0.274 e. The second-order valence-corrected chi connectivity index (χ2v) is 6.36. The predicted molar refractivity (Wildman–Crippen MR) is 97.8 cm³/mol. The van der Waals surface area contributed by atoms with Gasteiger partial charge in [-0.25, -0.2) is 4.98 Å². The third kappa shape index (κ3) is 3.06. The number of aromatic amines is 1. The summed E-state index contributed by atoms with van der Waals surface area (Å²) in [5.74, 6) is 1.62. The van der Waals surface area contributed by atoms with Crippen molar-refractivity contribution in [1.82, 2.24) is 10.1 Å². The van der Waals surface area contributed by atoms with Crippen molar-refractivity contribution in [3.8, 4) is 11.3 Å². The second kappa shape index (κ2) is 7.00. The second-order valence-electron chi connectivity index (χ2n) is 6.36. The van der Waals surface area contributed by atoms with Crippen LogP contribution in [0.2, 0.25) is 0 Å². The lowest BCUT2D eigenvalue weighted by Crippen LogP contribution is -2.50. The Morgan fingerprint density at radius 3 is 2.46 bits per heavy atom. The Morgan fingerprint density at radius 2 is 1.77 bits per heavy atom. The number of carbonyl (C=O) groups excluding carboxylic acids is 1. The molecule has 0 bridgehead atoms. The third-order valence-electron chi connectivity index (χ3n) is 4.72. The van der Waals surface area contributed by atoms with Crippen LogP contribution in [0.3, 0.4) is 0 Å². The molecule has 0 unspecified atom stereocenters. The van der Waals surface area contributed by atoms with E-state index in [2.05, 4.69) is 21.1 Å². The molecule has 0 atom stereocenters. The molecular weight excluding hydrogens is 328 g/mol. The number of amides is 1. The first-order valence-corrected chi connectivity index (χ1v) is 8.76. The van der Waals surface area contributed by atoms with E-state index in [0.29, 0.717) is 30.1 Å². The number of hydrogen-bond donors (Lipinski definition) is 0. The minimum Gasteiger partial charge on any atom is -0.360 e. The number of aromatic nitrogens is 2. The molecular formula is C20H21N4O2+. The number of anilines is 1. The van der Waals surface area contributed by atoms with Crippen molar-refractivity contribution in [2.24, 2.45) is 0 Å². The highest BCUT2D eigenvalue weighted by atomic mass is 16.5. The standard InChI is InChI=1S/C20H20N4O2/c1-15-18(19(22-26-15)16-7-3-2-4-8-16)20(25)24-13-11-23(12-14-24)17-9-5-6-10-21-17/h2-10H,11-14H2,1H3/p+1. The zero-order valence-electron chi connectivity index (χ0n) is 14.7. The molecule has 0 radical (unpaired) electrons. The van der Waals surface area contributed by atoms with Crippen LogP contribution >= 0.6 is 0 Å². The van der Waals surface area contributed by atoms with E-state index in [1.54, 1.807) is 6.92 Å². The van der Waals surface area contributed by atoms with Gasteiger partial charge >= 0.3 is 0 Å². The van der Waals surface area contributed by atoms with Crippen molar-refractivity contribution in [2.75, 3.05) is 31.1 Å². The third-order valence-corrected chi connectivity index (χ3v) is 4.72. The van der Waals surface area contributed by atoms with Crippen molar-refractivity contribution >= 4 is 11.7 Å². The van der Waals surface area contributed by atoms with E-state index < -0.39 is 0 Å². The molecule has 26 heavy (non-hydrogen) atoms. The Labute approximate surface area is 152 Å². The Bertz CT molecular complexity index is 885. The molecule has 6 nitrogen and oxygen atoms in total. The summed E-state index contributed by atoms with van der Waals surface area (Å²) in [6.07, 6.45) is 1.92. The molecule has 1 aliphatic rings. The van der Waals surface area contributed by atoms with Crippen LogP contribution in [-0.4, -0.2) is 42.1 Å². The SMILES string of the molecule is Cc1onc(-c2ccccc2)c1C(=O)N1CCN(c2cccc[nH+]2)CC1. The maximum Gasteiger partial charge on any atom is 0.274 e. The molecule has 132 valence electrons. The monoisotopic (exact) mass is 349 g/mol. The molecule has 1 fully saturated rings. The molecule has 1 N–H and O–H groups in total.